The van der Waals surface area contributed by atoms with Gasteiger partial charge in [-0.1, -0.05) is 6.92 Å². The normalized spacial score (nSPS) is 10.3. The van der Waals surface area contributed by atoms with E-state index in [4.69, 9.17) is 10.5 Å². The van der Waals surface area contributed by atoms with Gasteiger partial charge in [0.25, 0.3) is 0 Å². The smallest absolute Gasteiger partial charge is 0.238 e. The van der Waals surface area contributed by atoms with Crippen molar-refractivity contribution in [1.82, 2.24) is 10.2 Å². The summed E-state index contributed by atoms with van der Waals surface area (Å²) in [5.41, 5.74) is 6.74. The van der Waals surface area contributed by atoms with Crippen LogP contribution in [0.3, 0.4) is 0 Å². The highest BCUT2D eigenvalue weighted by molar-refractivity contribution is 5.94. The molecule has 4 N–H and O–H groups in total. The number of nitrogen functional groups attached to an aromatic ring is 1. The van der Waals surface area contributed by atoms with Crippen molar-refractivity contribution in [3.63, 3.8) is 0 Å². The summed E-state index contributed by atoms with van der Waals surface area (Å²) in [5, 5.41) is 5.27. The minimum Gasteiger partial charge on any atom is -0.495 e. The second-order valence-corrected chi connectivity index (χ2v) is 4.48. The summed E-state index contributed by atoms with van der Waals surface area (Å²) in [7, 11) is 3.08. The molecule has 7 heteroatoms. The van der Waals surface area contributed by atoms with Gasteiger partial charge in [0.15, 0.2) is 0 Å². The average molecular weight is 294 g/mol. The maximum Gasteiger partial charge on any atom is 0.238 e. The van der Waals surface area contributed by atoms with Gasteiger partial charge in [-0.15, -0.1) is 0 Å². The van der Waals surface area contributed by atoms with Crippen molar-refractivity contribution in [1.29, 1.82) is 0 Å². The molecular formula is C14H22N4O3. The van der Waals surface area contributed by atoms with E-state index in [9.17, 15) is 9.59 Å². The maximum atomic E-state index is 12.1. The van der Waals surface area contributed by atoms with Gasteiger partial charge in [-0.05, 0) is 24.7 Å². The van der Waals surface area contributed by atoms with Gasteiger partial charge >= 0.3 is 0 Å². The molecule has 0 saturated carbocycles. The third-order valence-corrected chi connectivity index (χ3v) is 2.96. The van der Waals surface area contributed by atoms with Gasteiger partial charge in [0.1, 0.15) is 5.75 Å². The number of carbonyl (C=O) groups is 2. The summed E-state index contributed by atoms with van der Waals surface area (Å²) in [4.78, 5) is 25.1. The number of nitrogens with zero attached hydrogens (tertiary/aromatic N) is 1. The SMILES string of the molecule is CCN(CC(=O)NC)CC(=O)Nc1cc(N)ccc1OC. The van der Waals surface area contributed by atoms with Crippen LogP contribution in [-0.4, -0.2) is 50.5 Å². The first-order valence-corrected chi connectivity index (χ1v) is 6.66. The molecular weight excluding hydrogens is 272 g/mol. The first-order valence-electron chi connectivity index (χ1n) is 6.66. The van der Waals surface area contributed by atoms with Crippen molar-refractivity contribution >= 4 is 23.2 Å². The third kappa shape index (κ3) is 5.31. The molecule has 1 aromatic rings. The number of hydrogen-bond donors (Lipinski definition) is 3. The Bertz CT molecular complexity index is 505. The lowest BCUT2D eigenvalue weighted by Gasteiger charge is -2.19. The highest BCUT2D eigenvalue weighted by Crippen LogP contribution is 2.26. The standard InChI is InChI=1S/C14H22N4O3/c1-4-18(8-13(19)16-2)9-14(20)17-11-7-10(15)5-6-12(11)21-3/h5-7H,4,8-9,15H2,1-3H3,(H,16,19)(H,17,20). The van der Waals surface area contributed by atoms with Crippen molar-refractivity contribution < 1.29 is 14.3 Å². The maximum absolute atomic E-state index is 12.1. The summed E-state index contributed by atoms with van der Waals surface area (Å²) in [6.07, 6.45) is 0. The Hall–Kier alpha value is -2.28. The van der Waals surface area contributed by atoms with E-state index in [1.165, 1.54) is 7.11 Å². The minimum absolute atomic E-state index is 0.113. The van der Waals surface area contributed by atoms with E-state index in [2.05, 4.69) is 10.6 Å². The highest BCUT2D eigenvalue weighted by Gasteiger charge is 2.14. The summed E-state index contributed by atoms with van der Waals surface area (Å²) in [6, 6.07) is 5.01. The molecule has 21 heavy (non-hydrogen) atoms. The second-order valence-electron chi connectivity index (χ2n) is 4.48. The monoisotopic (exact) mass is 294 g/mol. The quantitative estimate of drug-likeness (QED) is 0.628. The number of ether oxygens (including phenoxy) is 1. The highest BCUT2D eigenvalue weighted by atomic mass is 16.5. The lowest BCUT2D eigenvalue weighted by Crippen LogP contribution is -2.40. The summed E-state index contributed by atoms with van der Waals surface area (Å²) >= 11 is 0. The number of carbonyl (C=O) groups excluding carboxylic acids is 2. The summed E-state index contributed by atoms with van der Waals surface area (Å²) < 4.78 is 5.17. The van der Waals surface area contributed by atoms with Gasteiger partial charge in [-0.2, -0.15) is 0 Å². The molecule has 0 aliphatic rings. The fourth-order valence-corrected chi connectivity index (χ4v) is 1.78. The molecule has 0 heterocycles. The molecule has 2 amide bonds. The van der Waals surface area contributed by atoms with E-state index in [0.29, 0.717) is 23.7 Å². The number of amides is 2. The fourth-order valence-electron chi connectivity index (χ4n) is 1.78. The third-order valence-electron chi connectivity index (χ3n) is 2.96. The Morgan fingerprint density at radius 1 is 1.29 bits per heavy atom. The van der Waals surface area contributed by atoms with Gasteiger partial charge in [-0.25, -0.2) is 0 Å². The molecule has 0 radical (unpaired) electrons. The summed E-state index contributed by atoms with van der Waals surface area (Å²) in [6.45, 7) is 2.77. The zero-order valence-electron chi connectivity index (χ0n) is 12.6. The predicted octanol–water partition coefficient (Wildman–Crippen LogP) is 0.284. The molecule has 1 aromatic carbocycles. The average Bonchev–Trinajstić information content (AvgIpc) is 2.46. The molecule has 0 saturated heterocycles. The molecule has 0 unspecified atom stereocenters. The lowest BCUT2D eigenvalue weighted by molar-refractivity contribution is -0.123. The van der Waals surface area contributed by atoms with E-state index in [1.807, 2.05) is 6.92 Å². The fraction of sp³-hybridized carbons (Fsp3) is 0.429. The van der Waals surface area contributed by atoms with Crippen LogP contribution in [0.25, 0.3) is 0 Å². The number of nitrogens with two attached hydrogens (primary N) is 1. The Morgan fingerprint density at radius 2 is 1.95 bits per heavy atom. The van der Waals surface area contributed by atoms with Gasteiger partial charge in [0.05, 0.1) is 25.9 Å². The molecule has 0 atom stereocenters. The van der Waals surface area contributed by atoms with Crippen molar-refractivity contribution in [2.45, 2.75) is 6.92 Å². The van der Waals surface area contributed by atoms with E-state index < -0.39 is 0 Å². The van der Waals surface area contributed by atoms with Crippen LogP contribution in [0.15, 0.2) is 18.2 Å². The molecule has 7 nitrogen and oxygen atoms in total. The number of likely N-dealkylation sites (N-methyl/N-ethyl adjacent to an activating group) is 2. The van der Waals surface area contributed by atoms with E-state index in [0.717, 1.165) is 0 Å². The zero-order chi connectivity index (χ0) is 15.8. The van der Waals surface area contributed by atoms with Crippen molar-refractivity contribution in [2.24, 2.45) is 0 Å². The minimum atomic E-state index is -0.232. The zero-order valence-corrected chi connectivity index (χ0v) is 12.6. The first-order chi connectivity index (χ1) is 9.99. The van der Waals surface area contributed by atoms with Crippen molar-refractivity contribution in [3.8, 4) is 5.75 Å². The van der Waals surface area contributed by atoms with Gasteiger partial charge in [0.2, 0.25) is 11.8 Å². The Balaban J connectivity index is 2.68. The molecule has 0 fully saturated rings. The van der Waals surface area contributed by atoms with Crippen LogP contribution in [0.5, 0.6) is 5.75 Å². The van der Waals surface area contributed by atoms with Crippen LogP contribution in [0.1, 0.15) is 6.92 Å². The number of methoxy groups -OCH3 is 1. The lowest BCUT2D eigenvalue weighted by atomic mass is 10.2. The van der Waals surface area contributed by atoms with Gasteiger partial charge in [-0.3, -0.25) is 14.5 Å². The Kier molecular flexibility index (Phi) is 6.48. The van der Waals surface area contributed by atoms with E-state index in [1.54, 1.807) is 30.1 Å². The van der Waals surface area contributed by atoms with Gasteiger partial charge < -0.3 is 21.1 Å². The Labute approximate surface area is 124 Å². The van der Waals surface area contributed by atoms with E-state index in [-0.39, 0.29) is 24.9 Å². The largest absolute Gasteiger partial charge is 0.495 e. The predicted molar refractivity (Wildman–Crippen MR) is 82.2 cm³/mol. The topological polar surface area (TPSA) is 96.7 Å². The molecule has 0 aliphatic carbocycles. The number of nitrogens with one attached hydrogen (secondary N) is 2. The van der Waals surface area contributed by atoms with Gasteiger partial charge in [0, 0.05) is 12.7 Å². The van der Waals surface area contributed by atoms with Crippen LogP contribution in [0, 0.1) is 0 Å². The molecule has 0 spiro atoms. The van der Waals surface area contributed by atoms with E-state index >= 15 is 0 Å². The van der Waals surface area contributed by atoms with Crippen LogP contribution in [-0.2, 0) is 9.59 Å². The molecule has 0 bridgehead atoms. The first kappa shape index (κ1) is 16.8. The molecule has 0 aromatic heterocycles. The Morgan fingerprint density at radius 3 is 2.52 bits per heavy atom. The number of rotatable bonds is 7. The number of anilines is 2. The number of hydrogen-bond acceptors (Lipinski definition) is 5. The van der Waals surface area contributed by atoms with Crippen LogP contribution < -0.4 is 21.1 Å². The van der Waals surface area contributed by atoms with Crippen molar-refractivity contribution in [3.05, 3.63) is 18.2 Å². The molecule has 1 rings (SSSR count). The molecule has 116 valence electrons. The van der Waals surface area contributed by atoms with Crippen LogP contribution in [0.2, 0.25) is 0 Å². The van der Waals surface area contributed by atoms with Crippen molar-refractivity contribution in [2.75, 3.05) is 44.8 Å². The van der Waals surface area contributed by atoms with Crippen LogP contribution in [0.4, 0.5) is 11.4 Å². The second kappa shape index (κ2) is 8.11. The summed E-state index contributed by atoms with van der Waals surface area (Å²) in [5.74, 6) is 0.169. The number of benzene rings is 1. The molecule has 0 aliphatic heterocycles. The van der Waals surface area contributed by atoms with Crippen LogP contribution >= 0.6 is 0 Å².